The zero-order valence-electron chi connectivity index (χ0n) is 19.7. The second kappa shape index (κ2) is 12.1. The van der Waals surface area contributed by atoms with Crippen LogP contribution < -0.4 is 10.2 Å². The van der Waals surface area contributed by atoms with Crippen molar-refractivity contribution in [2.75, 3.05) is 37.6 Å². The van der Waals surface area contributed by atoms with E-state index in [-0.39, 0.29) is 18.4 Å². The van der Waals surface area contributed by atoms with Gasteiger partial charge in [-0.2, -0.15) is 5.26 Å². The van der Waals surface area contributed by atoms with Crippen molar-refractivity contribution in [2.45, 2.75) is 33.0 Å². The number of hydrogen-bond donors (Lipinski definition) is 2. The zero-order chi connectivity index (χ0) is 24.5. The number of rotatable bonds is 9. The summed E-state index contributed by atoms with van der Waals surface area (Å²) in [7, 11) is 0. The SMILES string of the molecule is CC(C)CC(OCc1cccc(-c2ccc(N3CCN(C(=O)O)CC3)cc2)c1)C(=O)NCC#N. The molecule has 1 saturated heterocycles. The lowest BCUT2D eigenvalue weighted by atomic mass is 10.0. The highest BCUT2D eigenvalue weighted by atomic mass is 16.5. The molecule has 8 nitrogen and oxygen atoms in total. The summed E-state index contributed by atoms with van der Waals surface area (Å²) in [6.07, 6.45) is -0.880. The van der Waals surface area contributed by atoms with Crippen LogP contribution in [0.1, 0.15) is 25.8 Å². The van der Waals surface area contributed by atoms with Crippen LogP contribution in [0, 0.1) is 17.2 Å². The van der Waals surface area contributed by atoms with Crippen LogP contribution in [0.15, 0.2) is 48.5 Å². The van der Waals surface area contributed by atoms with E-state index in [4.69, 9.17) is 15.1 Å². The third-order valence-electron chi connectivity index (χ3n) is 5.81. The van der Waals surface area contributed by atoms with Crippen LogP contribution in [0.2, 0.25) is 0 Å². The Morgan fingerprint density at radius 3 is 2.41 bits per heavy atom. The smallest absolute Gasteiger partial charge is 0.407 e. The van der Waals surface area contributed by atoms with Crippen molar-refractivity contribution < 1.29 is 19.4 Å². The molecule has 1 fully saturated rings. The number of ether oxygens (including phenoxy) is 1. The van der Waals surface area contributed by atoms with Crippen LogP contribution in [-0.4, -0.2) is 60.8 Å². The van der Waals surface area contributed by atoms with Crippen LogP contribution in [0.5, 0.6) is 0 Å². The van der Waals surface area contributed by atoms with E-state index in [0.717, 1.165) is 22.4 Å². The number of carbonyl (C=O) groups is 2. The Balaban J connectivity index is 1.62. The Hall–Kier alpha value is -3.57. The van der Waals surface area contributed by atoms with Crippen molar-refractivity contribution in [1.29, 1.82) is 5.26 Å². The van der Waals surface area contributed by atoms with Gasteiger partial charge in [-0.05, 0) is 47.2 Å². The number of piperazine rings is 1. The van der Waals surface area contributed by atoms with Gasteiger partial charge in [0.2, 0.25) is 5.91 Å². The summed E-state index contributed by atoms with van der Waals surface area (Å²) < 4.78 is 5.94. The summed E-state index contributed by atoms with van der Waals surface area (Å²) in [6, 6.07) is 18.2. The third-order valence-corrected chi connectivity index (χ3v) is 5.81. The topological polar surface area (TPSA) is 106 Å². The number of nitrogens with one attached hydrogen (secondary N) is 1. The minimum atomic E-state index is -0.864. The van der Waals surface area contributed by atoms with E-state index < -0.39 is 12.2 Å². The molecule has 8 heteroatoms. The Morgan fingerprint density at radius 2 is 1.79 bits per heavy atom. The summed E-state index contributed by atoms with van der Waals surface area (Å²) in [6.45, 7) is 6.70. The first kappa shape index (κ1) is 25.1. The second-order valence-electron chi connectivity index (χ2n) is 8.81. The van der Waals surface area contributed by atoms with Crippen molar-refractivity contribution >= 4 is 17.7 Å². The highest BCUT2D eigenvalue weighted by molar-refractivity contribution is 5.81. The summed E-state index contributed by atoms with van der Waals surface area (Å²) in [5.41, 5.74) is 4.17. The number of carboxylic acid groups (broad SMARTS) is 1. The first-order valence-corrected chi connectivity index (χ1v) is 11.6. The summed E-state index contributed by atoms with van der Waals surface area (Å²) in [5.74, 6) is 0.0287. The molecule has 1 aliphatic rings. The fourth-order valence-electron chi connectivity index (χ4n) is 3.98. The van der Waals surface area contributed by atoms with Gasteiger partial charge in [0.05, 0.1) is 12.7 Å². The van der Waals surface area contributed by atoms with E-state index in [1.54, 1.807) is 0 Å². The minimum absolute atomic E-state index is 0.0302. The van der Waals surface area contributed by atoms with Gasteiger partial charge in [-0.1, -0.05) is 44.2 Å². The predicted molar refractivity (Wildman–Crippen MR) is 130 cm³/mol. The molecule has 1 aliphatic heterocycles. The number of anilines is 1. The van der Waals surface area contributed by atoms with E-state index in [9.17, 15) is 9.59 Å². The molecule has 2 amide bonds. The van der Waals surface area contributed by atoms with Crippen molar-refractivity contribution in [3.63, 3.8) is 0 Å². The molecular weight excluding hydrogens is 432 g/mol. The van der Waals surface area contributed by atoms with Crippen LogP contribution >= 0.6 is 0 Å². The molecule has 34 heavy (non-hydrogen) atoms. The van der Waals surface area contributed by atoms with Gasteiger partial charge in [0, 0.05) is 31.9 Å². The van der Waals surface area contributed by atoms with Crippen molar-refractivity contribution in [3.05, 3.63) is 54.1 Å². The Bertz CT molecular complexity index is 1010. The molecule has 3 rings (SSSR count). The van der Waals surface area contributed by atoms with Gasteiger partial charge in [-0.15, -0.1) is 0 Å². The van der Waals surface area contributed by atoms with Gasteiger partial charge in [-0.25, -0.2) is 4.79 Å². The van der Waals surface area contributed by atoms with E-state index in [1.807, 2.05) is 38.1 Å². The maximum absolute atomic E-state index is 12.3. The predicted octanol–water partition coefficient (Wildman–Crippen LogP) is 3.72. The Morgan fingerprint density at radius 1 is 1.09 bits per heavy atom. The Kier molecular flexibility index (Phi) is 8.88. The third kappa shape index (κ3) is 6.96. The molecule has 180 valence electrons. The summed E-state index contributed by atoms with van der Waals surface area (Å²) >= 11 is 0. The largest absolute Gasteiger partial charge is 0.465 e. The number of nitrogens with zero attached hydrogens (tertiary/aromatic N) is 3. The van der Waals surface area contributed by atoms with E-state index in [0.29, 0.717) is 39.2 Å². The normalized spacial score (nSPS) is 14.5. The molecule has 1 unspecified atom stereocenters. The lowest BCUT2D eigenvalue weighted by molar-refractivity contribution is -0.134. The van der Waals surface area contributed by atoms with E-state index >= 15 is 0 Å². The molecular formula is C26H32N4O4. The van der Waals surface area contributed by atoms with Crippen molar-refractivity contribution in [1.82, 2.24) is 10.2 Å². The van der Waals surface area contributed by atoms with Crippen LogP contribution in [0.25, 0.3) is 11.1 Å². The van der Waals surface area contributed by atoms with Crippen LogP contribution in [0.3, 0.4) is 0 Å². The van der Waals surface area contributed by atoms with Gasteiger partial charge >= 0.3 is 6.09 Å². The number of carbonyl (C=O) groups excluding carboxylic acids is 1. The van der Waals surface area contributed by atoms with Gasteiger partial charge < -0.3 is 25.0 Å². The fourth-order valence-corrected chi connectivity index (χ4v) is 3.98. The highest BCUT2D eigenvalue weighted by Crippen LogP contribution is 2.25. The number of nitriles is 1. The highest BCUT2D eigenvalue weighted by Gasteiger charge is 2.21. The molecule has 2 N–H and O–H groups in total. The van der Waals surface area contributed by atoms with E-state index in [1.165, 1.54) is 4.90 Å². The molecule has 0 aliphatic carbocycles. The van der Waals surface area contributed by atoms with Gasteiger partial charge in [-0.3, -0.25) is 4.79 Å². The average Bonchev–Trinajstić information content (AvgIpc) is 2.85. The molecule has 0 spiro atoms. The van der Waals surface area contributed by atoms with E-state index in [2.05, 4.69) is 40.5 Å². The standard InChI is InChI=1S/C26H32N4O4/c1-19(2)16-24(25(31)28-11-10-27)34-18-20-4-3-5-22(17-20)21-6-8-23(9-7-21)29-12-14-30(15-13-29)26(32)33/h3-9,17,19,24H,11-16,18H2,1-2H3,(H,28,31)(H,32,33). The molecule has 0 aromatic heterocycles. The van der Waals surface area contributed by atoms with Crippen molar-refractivity contribution in [2.24, 2.45) is 5.92 Å². The lowest BCUT2D eigenvalue weighted by Gasteiger charge is -2.34. The minimum Gasteiger partial charge on any atom is -0.465 e. The number of amides is 2. The molecule has 2 aromatic carbocycles. The maximum Gasteiger partial charge on any atom is 0.407 e. The molecule has 1 heterocycles. The molecule has 0 radical (unpaired) electrons. The molecule has 2 aromatic rings. The first-order chi connectivity index (χ1) is 16.4. The second-order valence-corrected chi connectivity index (χ2v) is 8.81. The van der Waals surface area contributed by atoms with Crippen LogP contribution in [0.4, 0.5) is 10.5 Å². The van der Waals surface area contributed by atoms with Gasteiger partial charge in [0.25, 0.3) is 0 Å². The summed E-state index contributed by atoms with van der Waals surface area (Å²) in [5, 5.41) is 20.4. The molecule has 1 atom stereocenters. The zero-order valence-corrected chi connectivity index (χ0v) is 19.7. The first-order valence-electron chi connectivity index (χ1n) is 11.6. The Labute approximate surface area is 200 Å². The van der Waals surface area contributed by atoms with Crippen molar-refractivity contribution in [3.8, 4) is 17.2 Å². The molecule has 0 bridgehead atoms. The van der Waals surface area contributed by atoms with Gasteiger partial charge in [0.15, 0.2) is 0 Å². The summed E-state index contributed by atoms with van der Waals surface area (Å²) in [4.78, 5) is 27.1. The van der Waals surface area contributed by atoms with Gasteiger partial charge in [0.1, 0.15) is 12.6 Å². The average molecular weight is 465 g/mol. The number of benzene rings is 2. The number of hydrogen-bond acceptors (Lipinski definition) is 5. The quantitative estimate of drug-likeness (QED) is 0.548. The molecule has 0 saturated carbocycles. The lowest BCUT2D eigenvalue weighted by Crippen LogP contribution is -2.48. The van der Waals surface area contributed by atoms with Crippen LogP contribution in [-0.2, 0) is 16.1 Å². The fraction of sp³-hybridized carbons (Fsp3) is 0.423. The monoisotopic (exact) mass is 464 g/mol. The maximum atomic E-state index is 12.3.